The number of benzene rings is 1. The van der Waals surface area contributed by atoms with Crippen LogP contribution in [0, 0.1) is 0 Å². The maximum absolute atomic E-state index is 11.0. The fourth-order valence-electron chi connectivity index (χ4n) is 2.48. The molecule has 1 unspecified atom stereocenters. The van der Waals surface area contributed by atoms with Gasteiger partial charge in [-0.3, -0.25) is 4.79 Å². The molecule has 1 heterocycles. The zero-order valence-corrected chi connectivity index (χ0v) is 10.7. The molecule has 0 saturated heterocycles. The number of fused-ring (bicyclic) bond motifs is 1. The van der Waals surface area contributed by atoms with Gasteiger partial charge >= 0.3 is 4.87 Å². The second-order valence-electron chi connectivity index (χ2n) is 4.60. The zero-order chi connectivity index (χ0) is 12.5. The highest BCUT2D eigenvalue weighted by Crippen LogP contribution is 2.32. The number of aryl methyl sites for hydroxylation is 1. The largest absolute Gasteiger partial charge is 0.399 e. The Morgan fingerprint density at radius 1 is 1.50 bits per heavy atom. The molecule has 0 amide bonds. The molecule has 0 spiro atoms. The molecular formula is C13H15N3OS. The second-order valence-corrected chi connectivity index (χ2v) is 5.45. The van der Waals surface area contributed by atoms with Crippen molar-refractivity contribution in [3.63, 3.8) is 0 Å². The number of hydrogen-bond acceptors (Lipinski definition) is 4. The van der Waals surface area contributed by atoms with Crippen LogP contribution in [0.1, 0.15) is 29.3 Å². The summed E-state index contributed by atoms with van der Waals surface area (Å²) in [4.78, 5) is 13.9. The van der Waals surface area contributed by atoms with Gasteiger partial charge in [0.15, 0.2) is 0 Å². The summed E-state index contributed by atoms with van der Waals surface area (Å²) in [6.45, 7) is 0.702. The molecule has 4 nitrogen and oxygen atoms in total. The van der Waals surface area contributed by atoms with Crippen molar-refractivity contribution < 1.29 is 0 Å². The summed E-state index contributed by atoms with van der Waals surface area (Å²) in [5.74, 6) is 0. The van der Waals surface area contributed by atoms with Crippen molar-refractivity contribution in [2.75, 3.05) is 5.73 Å². The summed E-state index contributed by atoms with van der Waals surface area (Å²) in [6, 6.07) is 6.48. The van der Waals surface area contributed by atoms with Gasteiger partial charge in [-0.2, -0.15) is 0 Å². The van der Waals surface area contributed by atoms with Crippen LogP contribution in [0.5, 0.6) is 0 Å². The quantitative estimate of drug-likeness (QED) is 0.738. The van der Waals surface area contributed by atoms with Gasteiger partial charge in [0.2, 0.25) is 0 Å². The van der Waals surface area contributed by atoms with Crippen molar-refractivity contribution in [2.45, 2.75) is 25.4 Å². The molecule has 0 fully saturated rings. The number of nitrogen functional groups attached to an aromatic ring is 1. The van der Waals surface area contributed by atoms with Crippen molar-refractivity contribution in [3.8, 4) is 0 Å². The van der Waals surface area contributed by atoms with E-state index in [1.807, 2.05) is 11.4 Å². The number of rotatable bonds is 3. The molecule has 1 atom stereocenters. The van der Waals surface area contributed by atoms with Crippen molar-refractivity contribution in [2.24, 2.45) is 0 Å². The maximum atomic E-state index is 11.0. The molecule has 0 aliphatic heterocycles. The first-order chi connectivity index (χ1) is 8.72. The molecule has 94 valence electrons. The van der Waals surface area contributed by atoms with E-state index < -0.39 is 0 Å². The maximum Gasteiger partial charge on any atom is 0.304 e. The van der Waals surface area contributed by atoms with Gasteiger partial charge in [0.25, 0.3) is 0 Å². The van der Waals surface area contributed by atoms with Crippen molar-refractivity contribution in [3.05, 3.63) is 50.1 Å². The molecule has 1 aromatic heterocycles. The summed E-state index contributed by atoms with van der Waals surface area (Å²) in [5, 5.41) is 5.35. The van der Waals surface area contributed by atoms with E-state index in [0.29, 0.717) is 12.6 Å². The third-order valence-electron chi connectivity index (χ3n) is 3.35. The van der Waals surface area contributed by atoms with Crippen LogP contribution in [0.25, 0.3) is 0 Å². The van der Waals surface area contributed by atoms with Crippen LogP contribution in [0.4, 0.5) is 5.69 Å². The minimum absolute atomic E-state index is 0.00592. The lowest BCUT2D eigenvalue weighted by atomic mass is 10.1. The molecule has 0 radical (unpaired) electrons. The van der Waals surface area contributed by atoms with Crippen LogP contribution >= 0.6 is 11.3 Å². The Bertz CT molecular complexity index is 617. The SMILES string of the molecule is Nc1ccc2c(c1)CCC2NCc1csc(=O)[nH]1. The molecule has 2 aromatic rings. The van der Waals surface area contributed by atoms with E-state index in [-0.39, 0.29) is 4.87 Å². The number of nitrogens with two attached hydrogens (primary N) is 1. The van der Waals surface area contributed by atoms with E-state index in [4.69, 9.17) is 5.73 Å². The molecular weight excluding hydrogens is 246 g/mol. The molecule has 0 bridgehead atoms. The fourth-order valence-corrected chi connectivity index (χ4v) is 3.06. The van der Waals surface area contributed by atoms with Gasteiger partial charge in [0.05, 0.1) is 0 Å². The Labute approximate surface area is 109 Å². The predicted octanol–water partition coefficient (Wildman–Crippen LogP) is 1.80. The van der Waals surface area contributed by atoms with Crippen LogP contribution in [-0.2, 0) is 13.0 Å². The smallest absolute Gasteiger partial charge is 0.304 e. The van der Waals surface area contributed by atoms with Gasteiger partial charge in [0.1, 0.15) is 0 Å². The van der Waals surface area contributed by atoms with E-state index in [1.165, 1.54) is 22.5 Å². The van der Waals surface area contributed by atoms with Crippen molar-refractivity contribution in [1.82, 2.24) is 10.3 Å². The summed E-state index contributed by atoms with van der Waals surface area (Å²) in [7, 11) is 0. The van der Waals surface area contributed by atoms with Gasteiger partial charge in [-0.25, -0.2) is 0 Å². The molecule has 0 saturated carbocycles. The Morgan fingerprint density at radius 2 is 2.39 bits per heavy atom. The average Bonchev–Trinajstić information content (AvgIpc) is 2.92. The number of H-pyrrole nitrogens is 1. The van der Waals surface area contributed by atoms with Gasteiger partial charge in [-0.05, 0) is 36.1 Å². The monoisotopic (exact) mass is 261 g/mol. The van der Waals surface area contributed by atoms with Crippen LogP contribution in [0.15, 0.2) is 28.4 Å². The molecule has 4 N–H and O–H groups in total. The zero-order valence-electron chi connectivity index (χ0n) is 9.90. The Morgan fingerprint density at radius 3 is 3.17 bits per heavy atom. The normalized spacial score (nSPS) is 17.9. The van der Waals surface area contributed by atoms with Crippen LogP contribution < -0.4 is 15.9 Å². The van der Waals surface area contributed by atoms with Gasteiger partial charge in [0, 0.05) is 29.3 Å². The average molecular weight is 261 g/mol. The summed E-state index contributed by atoms with van der Waals surface area (Å²) in [5.41, 5.74) is 10.2. The summed E-state index contributed by atoms with van der Waals surface area (Å²) >= 11 is 1.21. The number of aromatic amines is 1. The molecule has 1 aliphatic carbocycles. The molecule has 3 rings (SSSR count). The molecule has 1 aliphatic rings. The van der Waals surface area contributed by atoms with Crippen LogP contribution in [0.2, 0.25) is 0 Å². The highest BCUT2D eigenvalue weighted by atomic mass is 32.1. The Hall–Kier alpha value is -1.59. The van der Waals surface area contributed by atoms with Crippen LogP contribution in [-0.4, -0.2) is 4.98 Å². The lowest BCUT2D eigenvalue weighted by Crippen LogP contribution is -2.19. The summed E-state index contributed by atoms with van der Waals surface area (Å²) in [6.07, 6.45) is 2.16. The van der Waals surface area contributed by atoms with E-state index in [0.717, 1.165) is 24.2 Å². The van der Waals surface area contributed by atoms with Crippen LogP contribution in [0.3, 0.4) is 0 Å². The molecule has 5 heteroatoms. The standard InChI is InChI=1S/C13H15N3OS/c14-9-2-3-11-8(5-9)1-4-12(11)15-6-10-7-18-13(17)16-10/h2-3,5,7,12,15H,1,4,6,14H2,(H,16,17). The van der Waals surface area contributed by atoms with Crippen molar-refractivity contribution in [1.29, 1.82) is 0 Å². The van der Waals surface area contributed by atoms with E-state index in [9.17, 15) is 4.79 Å². The summed E-state index contributed by atoms with van der Waals surface area (Å²) < 4.78 is 0. The third kappa shape index (κ3) is 2.19. The van der Waals surface area contributed by atoms with E-state index >= 15 is 0 Å². The van der Waals surface area contributed by atoms with Crippen molar-refractivity contribution >= 4 is 17.0 Å². The lowest BCUT2D eigenvalue weighted by molar-refractivity contribution is 0.526. The molecule has 1 aromatic carbocycles. The lowest BCUT2D eigenvalue weighted by Gasteiger charge is -2.13. The van der Waals surface area contributed by atoms with Gasteiger partial charge in [-0.15, -0.1) is 0 Å². The van der Waals surface area contributed by atoms with E-state index in [1.54, 1.807) is 0 Å². The first kappa shape index (κ1) is 11.5. The fraction of sp³-hybridized carbons (Fsp3) is 0.308. The Kier molecular flexibility index (Phi) is 2.93. The topological polar surface area (TPSA) is 70.9 Å². The minimum atomic E-state index is 0.00592. The van der Waals surface area contributed by atoms with Gasteiger partial charge in [-0.1, -0.05) is 17.4 Å². The Balaban J connectivity index is 1.71. The number of thiazole rings is 1. The molecule has 18 heavy (non-hydrogen) atoms. The second kappa shape index (κ2) is 4.59. The predicted molar refractivity (Wildman–Crippen MR) is 73.7 cm³/mol. The number of anilines is 1. The number of aromatic nitrogens is 1. The first-order valence-corrected chi connectivity index (χ1v) is 6.89. The third-order valence-corrected chi connectivity index (χ3v) is 4.07. The van der Waals surface area contributed by atoms with Gasteiger partial charge < -0.3 is 16.0 Å². The highest BCUT2D eigenvalue weighted by Gasteiger charge is 2.21. The highest BCUT2D eigenvalue weighted by molar-refractivity contribution is 7.07. The number of nitrogens with one attached hydrogen (secondary N) is 2. The number of hydrogen-bond donors (Lipinski definition) is 3. The van der Waals surface area contributed by atoms with E-state index in [2.05, 4.69) is 22.4 Å². The minimum Gasteiger partial charge on any atom is -0.399 e. The first-order valence-electron chi connectivity index (χ1n) is 6.01.